The molecule has 0 radical (unpaired) electrons. The van der Waals surface area contributed by atoms with E-state index in [1.807, 2.05) is 0 Å². The molecule has 0 aliphatic carbocycles. The lowest BCUT2D eigenvalue weighted by atomic mass is 9.95. The average Bonchev–Trinajstić information content (AvgIpc) is 2.74. The minimum absolute atomic E-state index is 0.205. The first-order valence-electron chi connectivity index (χ1n) is 7.95. The van der Waals surface area contributed by atoms with E-state index in [-0.39, 0.29) is 11.4 Å². The molecular formula is C18H16Cl2N2O4S. The number of nitrogens with one attached hydrogen (secondary N) is 1. The monoisotopic (exact) mass is 426 g/mol. The van der Waals surface area contributed by atoms with Gasteiger partial charge >= 0.3 is 0 Å². The number of carbonyl (C=O) groups is 2. The fraction of sp³-hybridized carbons (Fsp3) is 0.222. The highest BCUT2D eigenvalue weighted by Crippen LogP contribution is 2.35. The predicted octanol–water partition coefficient (Wildman–Crippen LogP) is 3.95. The highest BCUT2D eigenvalue weighted by molar-refractivity contribution is 7.94. The zero-order chi connectivity index (χ0) is 20.0. The molecule has 1 heterocycles. The van der Waals surface area contributed by atoms with E-state index in [9.17, 15) is 18.0 Å². The number of benzene rings is 2. The number of sulfonamides is 1. The second-order valence-corrected chi connectivity index (χ2v) is 9.47. The summed E-state index contributed by atoms with van der Waals surface area (Å²) < 4.78 is 25.4. The Balaban J connectivity index is 1.82. The van der Waals surface area contributed by atoms with Crippen molar-refractivity contribution in [1.29, 1.82) is 0 Å². The van der Waals surface area contributed by atoms with Gasteiger partial charge < -0.3 is 5.32 Å². The van der Waals surface area contributed by atoms with Crippen molar-refractivity contribution in [1.82, 2.24) is 0 Å². The van der Waals surface area contributed by atoms with Gasteiger partial charge in [-0.25, -0.2) is 12.7 Å². The number of amides is 2. The molecule has 2 amide bonds. The van der Waals surface area contributed by atoms with Crippen molar-refractivity contribution in [2.24, 2.45) is 5.41 Å². The molecule has 0 aromatic heterocycles. The van der Waals surface area contributed by atoms with Crippen LogP contribution >= 0.6 is 23.2 Å². The standard InChI is InChI=1S/C18H16Cl2N2O4S/c1-18(2)10-27(25,26)22(17(18)24)13-6-3-11(4-7-13)16(23)21-12-5-8-14(19)15(20)9-12/h3-9H,10H2,1-2H3,(H,21,23). The molecule has 0 unspecified atom stereocenters. The van der Waals surface area contributed by atoms with Gasteiger partial charge in [-0.3, -0.25) is 9.59 Å². The maximum atomic E-state index is 12.4. The van der Waals surface area contributed by atoms with E-state index in [1.54, 1.807) is 26.0 Å². The number of hydrogen-bond acceptors (Lipinski definition) is 4. The van der Waals surface area contributed by atoms with Gasteiger partial charge in [0.2, 0.25) is 15.9 Å². The Morgan fingerprint density at radius 3 is 2.22 bits per heavy atom. The Morgan fingerprint density at radius 2 is 1.70 bits per heavy atom. The van der Waals surface area contributed by atoms with Gasteiger partial charge in [-0.15, -0.1) is 0 Å². The third kappa shape index (κ3) is 3.81. The van der Waals surface area contributed by atoms with Crippen LogP contribution in [0.3, 0.4) is 0 Å². The molecule has 1 N–H and O–H groups in total. The van der Waals surface area contributed by atoms with Crippen LogP contribution in [0.25, 0.3) is 0 Å². The van der Waals surface area contributed by atoms with Gasteiger partial charge in [-0.1, -0.05) is 23.2 Å². The first kappa shape index (κ1) is 19.7. The lowest BCUT2D eigenvalue weighted by Gasteiger charge is -2.17. The third-order valence-electron chi connectivity index (χ3n) is 4.13. The van der Waals surface area contributed by atoms with Crippen LogP contribution in [0.1, 0.15) is 24.2 Å². The van der Waals surface area contributed by atoms with Crippen LogP contribution in [-0.2, 0) is 14.8 Å². The number of hydrogen-bond donors (Lipinski definition) is 1. The Hall–Kier alpha value is -2.09. The van der Waals surface area contributed by atoms with Crippen LogP contribution in [0.15, 0.2) is 42.5 Å². The van der Waals surface area contributed by atoms with Crippen LogP contribution in [0.2, 0.25) is 10.0 Å². The van der Waals surface area contributed by atoms with E-state index in [0.717, 1.165) is 4.31 Å². The molecule has 2 aromatic rings. The summed E-state index contributed by atoms with van der Waals surface area (Å²) in [4.78, 5) is 24.8. The second-order valence-electron chi connectivity index (χ2n) is 6.84. The molecule has 0 saturated carbocycles. The fourth-order valence-corrected chi connectivity index (χ4v) is 5.19. The lowest BCUT2D eigenvalue weighted by molar-refractivity contribution is -0.123. The van der Waals surface area contributed by atoms with Gasteiger partial charge in [0.25, 0.3) is 5.91 Å². The van der Waals surface area contributed by atoms with Gasteiger partial charge in [0.1, 0.15) is 0 Å². The molecule has 1 aliphatic heterocycles. The highest BCUT2D eigenvalue weighted by atomic mass is 35.5. The van der Waals surface area contributed by atoms with Crippen molar-refractivity contribution in [2.45, 2.75) is 13.8 Å². The van der Waals surface area contributed by atoms with Crippen LogP contribution < -0.4 is 9.62 Å². The van der Waals surface area contributed by atoms with Gasteiger partial charge in [-0.2, -0.15) is 0 Å². The van der Waals surface area contributed by atoms with Crippen LogP contribution in [-0.4, -0.2) is 26.0 Å². The summed E-state index contributed by atoms with van der Waals surface area (Å²) in [7, 11) is -3.73. The van der Waals surface area contributed by atoms with Crippen molar-refractivity contribution >= 4 is 56.4 Å². The van der Waals surface area contributed by atoms with Gasteiger partial charge in [0.05, 0.1) is 26.9 Å². The molecule has 0 spiro atoms. The molecule has 9 heteroatoms. The zero-order valence-corrected chi connectivity index (χ0v) is 16.8. The molecule has 0 atom stereocenters. The maximum absolute atomic E-state index is 12.4. The summed E-state index contributed by atoms with van der Waals surface area (Å²) in [5.74, 6) is -1.15. The molecule has 1 fully saturated rings. The first-order valence-corrected chi connectivity index (χ1v) is 10.3. The number of nitrogens with zero attached hydrogens (tertiary/aromatic N) is 1. The van der Waals surface area contributed by atoms with E-state index < -0.39 is 27.3 Å². The van der Waals surface area contributed by atoms with Crippen molar-refractivity contribution < 1.29 is 18.0 Å². The molecule has 1 saturated heterocycles. The van der Waals surface area contributed by atoms with Crippen molar-refractivity contribution in [3.05, 3.63) is 58.1 Å². The highest BCUT2D eigenvalue weighted by Gasteiger charge is 2.49. The summed E-state index contributed by atoms with van der Waals surface area (Å²) in [6.07, 6.45) is 0. The molecule has 142 valence electrons. The minimum Gasteiger partial charge on any atom is -0.322 e. The Kier molecular flexibility index (Phi) is 4.96. The first-order chi connectivity index (χ1) is 12.5. The molecule has 0 bridgehead atoms. The molecular weight excluding hydrogens is 411 g/mol. The number of rotatable bonds is 3. The Morgan fingerprint density at radius 1 is 1.07 bits per heavy atom. The number of halogens is 2. The van der Waals surface area contributed by atoms with E-state index in [2.05, 4.69) is 5.32 Å². The van der Waals surface area contributed by atoms with E-state index in [1.165, 1.54) is 30.3 Å². The Labute approximate surface area is 167 Å². The zero-order valence-electron chi connectivity index (χ0n) is 14.5. The van der Waals surface area contributed by atoms with Gasteiger partial charge in [0, 0.05) is 11.3 Å². The fourth-order valence-electron chi connectivity index (χ4n) is 2.79. The second kappa shape index (κ2) is 6.82. The Bertz CT molecular complexity index is 1030. The van der Waals surface area contributed by atoms with E-state index in [0.29, 0.717) is 21.3 Å². The average molecular weight is 427 g/mol. The van der Waals surface area contributed by atoms with E-state index >= 15 is 0 Å². The number of carbonyl (C=O) groups excluding carboxylic acids is 2. The summed E-state index contributed by atoms with van der Waals surface area (Å²) >= 11 is 11.8. The molecule has 3 rings (SSSR count). The quantitative estimate of drug-likeness (QED) is 0.804. The largest absolute Gasteiger partial charge is 0.322 e. The normalized spacial score (nSPS) is 17.8. The summed E-state index contributed by atoms with van der Waals surface area (Å²) in [5, 5.41) is 3.36. The topological polar surface area (TPSA) is 83.6 Å². The smallest absolute Gasteiger partial charge is 0.255 e. The number of anilines is 2. The van der Waals surface area contributed by atoms with Crippen LogP contribution in [0.5, 0.6) is 0 Å². The van der Waals surface area contributed by atoms with Crippen LogP contribution in [0.4, 0.5) is 11.4 Å². The molecule has 1 aliphatic rings. The van der Waals surface area contributed by atoms with E-state index in [4.69, 9.17) is 23.2 Å². The van der Waals surface area contributed by atoms with Crippen LogP contribution in [0, 0.1) is 5.41 Å². The van der Waals surface area contributed by atoms with Gasteiger partial charge in [-0.05, 0) is 56.3 Å². The van der Waals surface area contributed by atoms with Gasteiger partial charge in [0.15, 0.2) is 0 Å². The van der Waals surface area contributed by atoms with Crippen molar-refractivity contribution in [3.8, 4) is 0 Å². The molecule has 2 aromatic carbocycles. The third-order valence-corrected chi connectivity index (χ3v) is 6.88. The molecule has 6 nitrogen and oxygen atoms in total. The lowest BCUT2D eigenvalue weighted by Crippen LogP contribution is -2.32. The predicted molar refractivity (Wildman–Crippen MR) is 106 cm³/mol. The van der Waals surface area contributed by atoms with Crippen molar-refractivity contribution in [2.75, 3.05) is 15.4 Å². The summed E-state index contributed by atoms with van der Waals surface area (Å²) in [6.45, 7) is 3.18. The summed E-state index contributed by atoms with van der Waals surface area (Å²) in [6, 6.07) is 10.5. The maximum Gasteiger partial charge on any atom is 0.255 e. The van der Waals surface area contributed by atoms with Crippen molar-refractivity contribution in [3.63, 3.8) is 0 Å². The molecule has 27 heavy (non-hydrogen) atoms. The minimum atomic E-state index is -3.73. The SMILES string of the molecule is CC1(C)CS(=O)(=O)N(c2ccc(C(=O)Nc3ccc(Cl)c(Cl)c3)cc2)C1=O. The summed E-state index contributed by atoms with van der Waals surface area (Å²) in [5.41, 5.74) is -0.00904.